The first-order valence-corrected chi connectivity index (χ1v) is 3.90. The largest absolute Gasteiger partial charge is 0.351 e. The highest BCUT2D eigenvalue weighted by molar-refractivity contribution is 5.07. The second-order valence-electron chi connectivity index (χ2n) is 2.57. The summed E-state index contributed by atoms with van der Waals surface area (Å²) < 4.78 is 6.42. The van der Waals surface area contributed by atoms with E-state index in [0.717, 1.165) is 6.54 Å². The molecule has 0 unspecified atom stereocenters. The van der Waals surface area contributed by atoms with Crippen molar-refractivity contribution in [1.82, 2.24) is 19.9 Å². The van der Waals surface area contributed by atoms with Gasteiger partial charge in [-0.1, -0.05) is 5.16 Å². The Balaban J connectivity index is 1.93. The smallest absolute Gasteiger partial charge is 0.318 e. The van der Waals surface area contributed by atoms with Gasteiger partial charge in [-0.2, -0.15) is 10.1 Å². The SMILES string of the molecule is Nc1nc(CCn2cccn2)no1. The normalized spacial score (nSPS) is 10.5. The zero-order valence-electron chi connectivity index (χ0n) is 6.92. The Labute approximate surface area is 74.4 Å². The van der Waals surface area contributed by atoms with Gasteiger partial charge < -0.3 is 10.3 Å². The molecule has 2 aromatic rings. The fraction of sp³-hybridized carbons (Fsp3) is 0.286. The molecule has 0 radical (unpaired) electrons. The van der Waals surface area contributed by atoms with Crippen LogP contribution in [0.5, 0.6) is 0 Å². The Hall–Kier alpha value is -1.85. The van der Waals surface area contributed by atoms with Crippen LogP contribution in [0.3, 0.4) is 0 Å². The molecular formula is C7H9N5O. The van der Waals surface area contributed by atoms with E-state index in [9.17, 15) is 0 Å². The Bertz CT molecular complexity index is 366. The van der Waals surface area contributed by atoms with Crippen molar-refractivity contribution in [2.75, 3.05) is 5.73 Å². The van der Waals surface area contributed by atoms with Crippen LogP contribution >= 0.6 is 0 Å². The number of hydrogen-bond donors (Lipinski definition) is 1. The lowest BCUT2D eigenvalue weighted by Gasteiger charge is -1.95. The molecule has 0 atom stereocenters. The highest BCUT2D eigenvalue weighted by Gasteiger charge is 2.02. The molecule has 0 aliphatic carbocycles. The standard InChI is InChI=1S/C7H9N5O/c8-7-10-6(11-13-7)2-5-12-4-1-3-9-12/h1,3-4H,2,5H2,(H2,8,10,11). The van der Waals surface area contributed by atoms with Gasteiger partial charge in [0.1, 0.15) is 0 Å². The number of nitrogens with zero attached hydrogens (tertiary/aromatic N) is 4. The van der Waals surface area contributed by atoms with Gasteiger partial charge in [0, 0.05) is 25.4 Å². The highest BCUT2D eigenvalue weighted by Crippen LogP contribution is 1.99. The summed E-state index contributed by atoms with van der Waals surface area (Å²) >= 11 is 0. The molecule has 0 saturated carbocycles. The summed E-state index contributed by atoms with van der Waals surface area (Å²) in [5, 5.41) is 7.70. The Kier molecular flexibility index (Phi) is 1.95. The van der Waals surface area contributed by atoms with E-state index in [2.05, 4.69) is 19.8 Å². The highest BCUT2D eigenvalue weighted by atomic mass is 16.5. The lowest BCUT2D eigenvalue weighted by molar-refractivity contribution is 0.423. The van der Waals surface area contributed by atoms with Crippen LogP contribution in [0.25, 0.3) is 0 Å². The maximum atomic E-state index is 5.26. The van der Waals surface area contributed by atoms with Crippen molar-refractivity contribution in [3.8, 4) is 0 Å². The minimum Gasteiger partial charge on any atom is -0.351 e. The Morgan fingerprint density at radius 3 is 3.08 bits per heavy atom. The molecule has 0 bridgehead atoms. The topological polar surface area (TPSA) is 82.8 Å². The minimum absolute atomic E-state index is 0.107. The third kappa shape index (κ3) is 1.84. The summed E-state index contributed by atoms with van der Waals surface area (Å²) in [5.74, 6) is 0.605. The Morgan fingerprint density at radius 1 is 1.54 bits per heavy atom. The van der Waals surface area contributed by atoms with Gasteiger partial charge in [-0.25, -0.2) is 0 Å². The van der Waals surface area contributed by atoms with E-state index < -0.39 is 0 Å². The predicted molar refractivity (Wildman–Crippen MR) is 44.6 cm³/mol. The maximum absolute atomic E-state index is 5.26. The van der Waals surface area contributed by atoms with Crippen molar-refractivity contribution in [1.29, 1.82) is 0 Å². The number of nitrogens with two attached hydrogens (primary N) is 1. The molecule has 0 aromatic carbocycles. The maximum Gasteiger partial charge on any atom is 0.318 e. The molecule has 6 nitrogen and oxygen atoms in total. The van der Waals surface area contributed by atoms with E-state index in [-0.39, 0.29) is 6.01 Å². The molecule has 2 heterocycles. The number of nitrogen functional groups attached to an aromatic ring is 1. The molecule has 2 aromatic heterocycles. The van der Waals surface area contributed by atoms with Crippen LogP contribution < -0.4 is 5.73 Å². The molecule has 0 fully saturated rings. The molecule has 68 valence electrons. The number of aryl methyl sites for hydroxylation is 2. The zero-order chi connectivity index (χ0) is 9.10. The third-order valence-electron chi connectivity index (χ3n) is 1.61. The van der Waals surface area contributed by atoms with Crippen molar-refractivity contribution in [2.24, 2.45) is 0 Å². The molecule has 2 N–H and O–H groups in total. The summed E-state index contributed by atoms with van der Waals surface area (Å²) in [4.78, 5) is 3.87. The molecule has 2 rings (SSSR count). The molecule has 13 heavy (non-hydrogen) atoms. The number of aromatic nitrogens is 4. The van der Waals surface area contributed by atoms with E-state index >= 15 is 0 Å². The molecular weight excluding hydrogens is 170 g/mol. The van der Waals surface area contributed by atoms with Crippen molar-refractivity contribution in [2.45, 2.75) is 13.0 Å². The summed E-state index contributed by atoms with van der Waals surface area (Å²) in [6.45, 7) is 0.728. The van der Waals surface area contributed by atoms with Crippen LogP contribution in [0.1, 0.15) is 5.82 Å². The fourth-order valence-corrected chi connectivity index (χ4v) is 1.02. The summed E-state index contributed by atoms with van der Waals surface area (Å²) in [7, 11) is 0. The third-order valence-corrected chi connectivity index (χ3v) is 1.61. The van der Waals surface area contributed by atoms with E-state index in [1.165, 1.54) is 0 Å². The van der Waals surface area contributed by atoms with Gasteiger partial charge in [-0.15, -0.1) is 0 Å². The molecule has 0 saturated heterocycles. The molecule has 0 amide bonds. The minimum atomic E-state index is 0.107. The van der Waals surface area contributed by atoms with E-state index in [4.69, 9.17) is 5.73 Å². The van der Waals surface area contributed by atoms with Crippen molar-refractivity contribution in [3.05, 3.63) is 24.3 Å². The van der Waals surface area contributed by atoms with Gasteiger partial charge in [-0.3, -0.25) is 4.68 Å². The number of anilines is 1. The zero-order valence-corrected chi connectivity index (χ0v) is 6.92. The first-order chi connectivity index (χ1) is 6.34. The van der Waals surface area contributed by atoms with Gasteiger partial charge in [0.2, 0.25) is 0 Å². The number of rotatable bonds is 3. The van der Waals surface area contributed by atoms with Gasteiger partial charge in [0.25, 0.3) is 0 Å². The summed E-state index contributed by atoms with van der Waals surface area (Å²) in [6, 6.07) is 1.97. The van der Waals surface area contributed by atoms with Gasteiger partial charge in [0.15, 0.2) is 5.82 Å². The molecule has 0 spiro atoms. The van der Waals surface area contributed by atoms with Crippen LogP contribution in [0.15, 0.2) is 23.0 Å². The molecule has 0 aliphatic rings. The van der Waals surface area contributed by atoms with E-state index in [0.29, 0.717) is 12.2 Å². The van der Waals surface area contributed by atoms with Crippen molar-refractivity contribution < 1.29 is 4.52 Å². The average Bonchev–Trinajstić information content (AvgIpc) is 2.71. The molecule has 6 heteroatoms. The van der Waals surface area contributed by atoms with E-state index in [1.54, 1.807) is 10.9 Å². The van der Waals surface area contributed by atoms with Crippen LogP contribution in [0, 0.1) is 0 Å². The lowest BCUT2D eigenvalue weighted by atomic mass is 10.4. The summed E-state index contributed by atoms with van der Waals surface area (Å²) in [5.41, 5.74) is 5.26. The van der Waals surface area contributed by atoms with Crippen LogP contribution in [-0.4, -0.2) is 19.9 Å². The van der Waals surface area contributed by atoms with Crippen LogP contribution in [0.2, 0.25) is 0 Å². The quantitative estimate of drug-likeness (QED) is 0.722. The predicted octanol–water partition coefficient (Wildman–Crippen LogP) is 0.0910. The molecule has 0 aliphatic heterocycles. The van der Waals surface area contributed by atoms with Crippen LogP contribution in [0.4, 0.5) is 6.01 Å². The first kappa shape index (κ1) is 7.78. The number of hydrogen-bond acceptors (Lipinski definition) is 5. The average molecular weight is 179 g/mol. The van der Waals surface area contributed by atoms with Gasteiger partial charge in [-0.05, 0) is 6.07 Å². The fourth-order valence-electron chi connectivity index (χ4n) is 1.02. The lowest BCUT2D eigenvalue weighted by Crippen LogP contribution is -2.02. The van der Waals surface area contributed by atoms with E-state index in [1.807, 2.05) is 12.3 Å². The monoisotopic (exact) mass is 179 g/mol. The van der Waals surface area contributed by atoms with Crippen molar-refractivity contribution in [3.63, 3.8) is 0 Å². The van der Waals surface area contributed by atoms with Gasteiger partial charge >= 0.3 is 6.01 Å². The second-order valence-corrected chi connectivity index (χ2v) is 2.57. The summed E-state index contributed by atoms with van der Waals surface area (Å²) in [6.07, 6.45) is 4.27. The van der Waals surface area contributed by atoms with Gasteiger partial charge in [0.05, 0.1) is 0 Å². The van der Waals surface area contributed by atoms with Crippen molar-refractivity contribution >= 4 is 6.01 Å². The second kappa shape index (κ2) is 3.26. The van der Waals surface area contributed by atoms with Crippen LogP contribution in [-0.2, 0) is 13.0 Å². The Morgan fingerprint density at radius 2 is 2.46 bits per heavy atom. The first-order valence-electron chi connectivity index (χ1n) is 3.90.